The number of hydrogen-bond donors (Lipinski definition) is 0. The summed E-state index contributed by atoms with van der Waals surface area (Å²) in [5.41, 5.74) is 0.0797. The summed E-state index contributed by atoms with van der Waals surface area (Å²) in [5.74, 6) is -0.365. The number of hydrogen-bond acceptors (Lipinski definition) is 9. The molecule has 0 aliphatic carbocycles. The van der Waals surface area contributed by atoms with E-state index in [4.69, 9.17) is 27.2 Å². The molecule has 28 heavy (non-hydrogen) atoms. The molecule has 0 spiro atoms. The van der Waals surface area contributed by atoms with Gasteiger partial charge in [-0.3, -0.25) is 9.13 Å². The van der Waals surface area contributed by atoms with Crippen LogP contribution in [0.3, 0.4) is 0 Å². The van der Waals surface area contributed by atoms with Gasteiger partial charge >= 0.3 is 21.2 Å². The normalized spacial score (nSPS) is 12.3. The monoisotopic (exact) mass is 440 g/mol. The van der Waals surface area contributed by atoms with E-state index in [2.05, 4.69) is 0 Å². The highest BCUT2D eigenvalue weighted by atomic mass is 31.2. The molecule has 0 N–H and O–H groups in total. The van der Waals surface area contributed by atoms with Crippen LogP contribution in [0.1, 0.15) is 56.5 Å². The zero-order valence-electron chi connectivity index (χ0n) is 17.1. The average Bonchev–Trinajstić information content (AvgIpc) is 2.97. The van der Waals surface area contributed by atoms with Crippen molar-refractivity contribution in [2.24, 2.45) is 0 Å². The number of rotatable bonds is 14. The Kier molecular flexibility index (Phi) is 10.7. The topological polar surface area (TPSA) is 111 Å². The van der Waals surface area contributed by atoms with Gasteiger partial charge in [-0.25, -0.2) is 4.79 Å². The van der Waals surface area contributed by atoms with E-state index in [1.54, 1.807) is 34.6 Å². The minimum Gasteiger partial charge on any atom is -0.464 e. The number of furan rings is 1. The lowest BCUT2D eigenvalue weighted by molar-refractivity contribution is 0.0524. The lowest BCUT2D eigenvalue weighted by Crippen LogP contribution is -2.07. The van der Waals surface area contributed by atoms with E-state index in [1.807, 2.05) is 0 Å². The van der Waals surface area contributed by atoms with Crippen LogP contribution in [-0.4, -0.2) is 39.0 Å². The van der Waals surface area contributed by atoms with Crippen LogP contribution in [0.2, 0.25) is 0 Å². The van der Waals surface area contributed by atoms with Gasteiger partial charge in [-0.15, -0.1) is 0 Å². The Bertz CT molecular complexity index is 693. The molecule has 0 unspecified atom stereocenters. The van der Waals surface area contributed by atoms with Gasteiger partial charge in [0.1, 0.15) is 29.4 Å². The van der Waals surface area contributed by atoms with Crippen molar-refractivity contribution in [1.29, 1.82) is 0 Å². The van der Waals surface area contributed by atoms with Crippen molar-refractivity contribution in [2.45, 2.75) is 46.9 Å². The predicted octanol–water partition coefficient (Wildman–Crippen LogP) is 4.99. The first-order valence-corrected chi connectivity index (χ1v) is 12.8. The molecule has 0 atom stereocenters. The molecule has 9 nitrogen and oxygen atoms in total. The summed E-state index contributed by atoms with van der Waals surface area (Å²) in [7, 11) is -6.97. The summed E-state index contributed by atoms with van der Waals surface area (Å²) in [5, 5.41) is 0. The van der Waals surface area contributed by atoms with Crippen LogP contribution in [0, 0.1) is 0 Å². The first-order valence-electron chi connectivity index (χ1n) is 9.31. The fourth-order valence-corrected chi connectivity index (χ4v) is 5.68. The molecular formula is C17H30O9P2. The first kappa shape index (κ1) is 25.1. The highest BCUT2D eigenvalue weighted by Gasteiger charge is 2.33. The van der Waals surface area contributed by atoms with Gasteiger partial charge in [0.05, 0.1) is 33.0 Å². The maximum Gasteiger partial charge on any atom is 0.341 e. The molecule has 1 aromatic rings. The first-order chi connectivity index (χ1) is 13.3. The third kappa shape index (κ3) is 7.47. The predicted molar refractivity (Wildman–Crippen MR) is 104 cm³/mol. The molecule has 0 saturated carbocycles. The smallest absolute Gasteiger partial charge is 0.341 e. The molecule has 0 aliphatic rings. The second kappa shape index (κ2) is 11.9. The SMILES string of the molecule is CCOC(=O)c1cc(CP(=O)(OCC)OCC)oc1CP(=O)(OCC)OCC. The maximum atomic E-state index is 12.9. The van der Waals surface area contributed by atoms with Gasteiger partial charge in [-0.2, -0.15) is 0 Å². The second-order valence-electron chi connectivity index (χ2n) is 5.48. The third-order valence-electron chi connectivity index (χ3n) is 3.35. The highest BCUT2D eigenvalue weighted by molar-refractivity contribution is 7.53. The van der Waals surface area contributed by atoms with Crippen LogP contribution in [-0.2, 0) is 44.3 Å². The lowest BCUT2D eigenvalue weighted by Gasteiger charge is -2.16. The van der Waals surface area contributed by atoms with E-state index in [0.717, 1.165) is 0 Å². The van der Waals surface area contributed by atoms with Gasteiger partial charge in [0.25, 0.3) is 0 Å². The molecule has 162 valence electrons. The minimum atomic E-state index is -3.52. The lowest BCUT2D eigenvalue weighted by atomic mass is 10.2. The van der Waals surface area contributed by atoms with Gasteiger partial charge in [0, 0.05) is 0 Å². The van der Waals surface area contributed by atoms with Crippen molar-refractivity contribution in [2.75, 3.05) is 33.0 Å². The van der Waals surface area contributed by atoms with Crippen LogP contribution in [0.15, 0.2) is 10.5 Å². The third-order valence-corrected chi connectivity index (χ3v) is 7.33. The Balaban J connectivity index is 3.25. The summed E-state index contributed by atoms with van der Waals surface area (Å²) in [6, 6.07) is 1.40. The molecule has 0 aliphatic heterocycles. The molecule has 0 amide bonds. The Labute approximate surface area is 166 Å². The second-order valence-corrected chi connectivity index (χ2v) is 9.59. The number of ether oxygens (including phenoxy) is 1. The molecule has 0 radical (unpaired) electrons. The summed E-state index contributed by atoms with van der Waals surface area (Å²) in [6.07, 6.45) is -0.426. The van der Waals surface area contributed by atoms with Gasteiger partial charge in [0.15, 0.2) is 0 Å². The molecule has 1 aromatic heterocycles. The zero-order chi connectivity index (χ0) is 21.2. The molecule has 0 saturated heterocycles. The average molecular weight is 440 g/mol. The van der Waals surface area contributed by atoms with E-state index in [9.17, 15) is 13.9 Å². The van der Waals surface area contributed by atoms with Crippen molar-refractivity contribution in [1.82, 2.24) is 0 Å². The quantitative estimate of drug-likeness (QED) is 0.292. The Morgan fingerprint density at radius 2 is 1.29 bits per heavy atom. The van der Waals surface area contributed by atoms with Crippen LogP contribution >= 0.6 is 15.2 Å². The van der Waals surface area contributed by atoms with Gasteiger partial charge in [-0.1, -0.05) is 0 Å². The minimum absolute atomic E-state index is 0.0797. The van der Waals surface area contributed by atoms with Crippen LogP contribution < -0.4 is 0 Å². The van der Waals surface area contributed by atoms with Crippen LogP contribution in [0.5, 0.6) is 0 Å². The van der Waals surface area contributed by atoms with Crippen LogP contribution in [0.4, 0.5) is 0 Å². The highest BCUT2D eigenvalue weighted by Crippen LogP contribution is 2.54. The van der Waals surface area contributed by atoms with Crippen molar-refractivity contribution in [3.05, 3.63) is 23.2 Å². The largest absolute Gasteiger partial charge is 0.464 e. The van der Waals surface area contributed by atoms with E-state index in [-0.39, 0.29) is 62.4 Å². The fraction of sp³-hybridized carbons (Fsp3) is 0.706. The van der Waals surface area contributed by atoms with Crippen molar-refractivity contribution in [3.8, 4) is 0 Å². The molecule has 11 heteroatoms. The Morgan fingerprint density at radius 3 is 1.71 bits per heavy atom. The maximum absolute atomic E-state index is 12.9. The van der Waals surface area contributed by atoms with Gasteiger partial charge in [-0.05, 0) is 40.7 Å². The number of esters is 1. The Morgan fingerprint density at radius 1 is 0.821 bits per heavy atom. The molecular weight excluding hydrogens is 410 g/mol. The van der Waals surface area contributed by atoms with E-state index in [0.29, 0.717) is 0 Å². The van der Waals surface area contributed by atoms with E-state index in [1.165, 1.54) is 6.07 Å². The molecule has 1 heterocycles. The van der Waals surface area contributed by atoms with Crippen LogP contribution in [0.25, 0.3) is 0 Å². The number of carbonyl (C=O) groups excluding carboxylic acids is 1. The zero-order valence-corrected chi connectivity index (χ0v) is 18.9. The number of carbonyl (C=O) groups is 1. The van der Waals surface area contributed by atoms with Gasteiger partial charge < -0.3 is 27.2 Å². The Hall–Kier alpha value is -0.950. The van der Waals surface area contributed by atoms with Crippen molar-refractivity contribution >= 4 is 21.2 Å². The van der Waals surface area contributed by atoms with Gasteiger partial charge in [0.2, 0.25) is 0 Å². The summed E-state index contributed by atoms with van der Waals surface area (Å²) >= 11 is 0. The van der Waals surface area contributed by atoms with Crippen molar-refractivity contribution in [3.63, 3.8) is 0 Å². The standard InChI is InChI=1S/C17H30O9P2/c1-6-21-17(18)15-11-14(12-27(19,22-7-2)23-8-3)26-16(15)13-28(20,24-9-4)25-10-5/h11H,6-10,12-13H2,1-5H3. The molecule has 0 fully saturated rings. The summed E-state index contributed by atoms with van der Waals surface area (Å²) in [4.78, 5) is 12.3. The van der Waals surface area contributed by atoms with E-state index >= 15 is 0 Å². The molecule has 1 rings (SSSR count). The summed E-state index contributed by atoms with van der Waals surface area (Å²) < 4.78 is 57.4. The van der Waals surface area contributed by atoms with Crippen molar-refractivity contribution < 1.29 is 41.2 Å². The van der Waals surface area contributed by atoms with E-state index < -0.39 is 21.2 Å². The molecule has 0 bridgehead atoms. The summed E-state index contributed by atoms with van der Waals surface area (Å²) in [6.45, 7) is 9.32. The fourth-order valence-electron chi connectivity index (χ4n) is 2.47. The molecule has 0 aromatic carbocycles.